The molecular formula is C12H17NOS2. The highest BCUT2D eigenvalue weighted by Gasteiger charge is 2.22. The van der Waals surface area contributed by atoms with Gasteiger partial charge in [-0.2, -0.15) is 0 Å². The summed E-state index contributed by atoms with van der Waals surface area (Å²) in [7, 11) is 3.46. The van der Waals surface area contributed by atoms with E-state index in [9.17, 15) is 5.11 Å². The van der Waals surface area contributed by atoms with Crippen LogP contribution >= 0.6 is 21.6 Å². The van der Waals surface area contributed by atoms with Crippen LogP contribution < -0.4 is 0 Å². The van der Waals surface area contributed by atoms with E-state index in [0.717, 1.165) is 17.9 Å². The predicted molar refractivity (Wildman–Crippen MR) is 70.6 cm³/mol. The minimum Gasteiger partial charge on any atom is -0.392 e. The maximum atomic E-state index is 9.97. The second-order valence-corrected chi connectivity index (χ2v) is 6.55. The monoisotopic (exact) mass is 255 g/mol. The molecule has 0 spiro atoms. The van der Waals surface area contributed by atoms with Crippen molar-refractivity contribution >= 4 is 21.6 Å². The minimum atomic E-state index is -0.135. The highest BCUT2D eigenvalue weighted by Crippen LogP contribution is 2.38. The zero-order valence-corrected chi connectivity index (χ0v) is 10.8. The highest BCUT2D eigenvalue weighted by atomic mass is 33.1. The Balaban J connectivity index is 1.84. The topological polar surface area (TPSA) is 33.1 Å². The van der Waals surface area contributed by atoms with Crippen LogP contribution in [0.15, 0.2) is 29.4 Å². The van der Waals surface area contributed by atoms with Crippen molar-refractivity contribution < 1.29 is 5.11 Å². The fraction of sp³-hybridized carbons (Fsp3) is 0.583. The lowest BCUT2D eigenvalue weighted by Crippen LogP contribution is -2.20. The standard InChI is InChI=1S/C12H17NOS2/c14-10-6-2-1-3-7-11(10)15-16-12-8-4-5-9-13-12/h4-5,8-11,14H,1-3,6-7H2. The van der Waals surface area contributed by atoms with E-state index < -0.39 is 0 Å². The van der Waals surface area contributed by atoms with E-state index in [1.54, 1.807) is 21.6 Å². The summed E-state index contributed by atoms with van der Waals surface area (Å²) >= 11 is 0. The first-order valence-corrected chi connectivity index (χ1v) is 8.00. The third kappa shape index (κ3) is 3.68. The van der Waals surface area contributed by atoms with Crippen LogP contribution in [-0.4, -0.2) is 21.4 Å². The van der Waals surface area contributed by atoms with Crippen LogP contribution in [0.25, 0.3) is 0 Å². The van der Waals surface area contributed by atoms with Crippen LogP contribution in [0.5, 0.6) is 0 Å². The molecule has 0 amide bonds. The van der Waals surface area contributed by atoms with Gasteiger partial charge in [0.15, 0.2) is 0 Å². The number of nitrogens with zero attached hydrogens (tertiary/aromatic N) is 1. The Kier molecular flexibility index (Phi) is 5.00. The molecule has 0 radical (unpaired) electrons. The van der Waals surface area contributed by atoms with Crippen LogP contribution in [-0.2, 0) is 0 Å². The summed E-state index contributed by atoms with van der Waals surface area (Å²) in [5.74, 6) is 0. The SMILES string of the molecule is OC1CCCCCC1SSc1ccccn1. The van der Waals surface area contributed by atoms with Gasteiger partial charge in [0.2, 0.25) is 0 Å². The van der Waals surface area contributed by atoms with Gasteiger partial charge < -0.3 is 5.11 Å². The quantitative estimate of drug-likeness (QED) is 0.662. The van der Waals surface area contributed by atoms with Gasteiger partial charge in [0.25, 0.3) is 0 Å². The first-order chi connectivity index (χ1) is 7.86. The van der Waals surface area contributed by atoms with Gasteiger partial charge in [-0.3, -0.25) is 0 Å². The second-order valence-electron chi connectivity index (χ2n) is 4.09. The maximum absolute atomic E-state index is 9.97. The van der Waals surface area contributed by atoms with Crippen molar-refractivity contribution in [2.75, 3.05) is 0 Å². The number of aromatic nitrogens is 1. The molecule has 4 heteroatoms. The first-order valence-electron chi connectivity index (χ1n) is 5.79. The number of hydrogen-bond acceptors (Lipinski definition) is 4. The third-order valence-electron chi connectivity index (χ3n) is 2.81. The molecule has 1 heterocycles. The van der Waals surface area contributed by atoms with Gasteiger partial charge in [0.1, 0.15) is 5.03 Å². The lowest BCUT2D eigenvalue weighted by Gasteiger charge is -2.18. The van der Waals surface area contributed by atoms with Crippen LogP contribution in [0.4, 0.5) is 0 Å². The van der Waals surface area contributed by atoms with Crippen molar-refractivity contribution in [2.24, 2.45) is 0 Å². The Bertz CT molecular complexity index is 307. The molecule has 2 rings (SSSR count). The van der Waals surface area contributed by atoms with Gasteiger partial charge in [-0.15, -0.1) is 0 Å². The van der Waals surface area contributed by atoms with Gasteiger partial charge in [0, 0.05) is 11.4 Å². The first kappa shape index (κ1) is 12.3. The third-order valence-corrected chi connectivity index (χ3v) is 5.66. The van der Waals surface area contributed by atoms with Crippen LogP contribution in [0.3, 0.4) is 0 Å². The summed E-state index contributed by atoms with van der Waals surface area (Å²) in [6.07, 6.45) is 7.45. The Labute approximate surface area is 105 Å². The van der Waals surface area contributed by atoms with Crippen LogP contribution in [0.2, 0.25) is 0 Å². The Morgan fingerprint density at radius 1 is 1.19 bits per heavy atom. The Morgan fingerprint density at radius 3 is 2.88 bits per heavy atom. The molecule has 88 valence electrons. The normalized spacial score (nSPS) is 26.3. The van der Waals surface area contributed by atoms with Crippen molar-refractivity contribution in [1.82, 2.24) is 4.98 Å². The molecule has 1 aromatic heterocycles. The van der Waals surface area contributed by atoms with Crippen molar-refractivity contribution in [3.63, 3.8) is 0 Å². The molecule has 16 heavy (non-hydrogen) atoms. The van der Waals surface area contributed by atoms with Gasteiger partial charge in [-0.05, 0) is 35.8 Å². The van der Waals surface area contributed by atoms with Crippen molar-refractivity contribution in [1.29, 1.82) is 0 Å². The summed E-state index contributed by atoms with van der Waals surface area (Å²) in [6.45, 7) is 0. The number of aliphatic hydroxyl groups excluding tert-OH is 1. The molecule has 1 N–H and O–H groups in total. The molecule has 2 nitrogen and oxygen atoms in total. The van der Waals surface area contributed by atoms with E-state index in [-0.39, 0.29) is 6.10 Å². The number of aliphatic hydroxyl groups is 1. The Morgan fingerprint density at radius 2 is 2.06 bits per heavy atom. The Hall–Kier alpha value is -0.190. The largest absolute Gasteiger partial charge is 0.392 e. The molecule has 1 fully saturated rings. The smallest absolute Gasteiger partial charge is 0.106 e. The molecule has 1 aliphatic carbocycles. The predicted octanol–water partition coefficient (Wildman–Crippen LogP) is 3.52. The highest BCUT2D eigenvalue weighted by molar-refractivity contribution is 8.76. The van der Waals surface area contributed by atoms with E-state index in [2.05, 4.69) is 4.98 Å². The fourth-order valence-electron chi connectivity index (χ4n) is 1.87. The molecule has 2 unspecified atom stereocenters. The lowest BCUT2D eigenvalue weighted by atomic mass is 10.1. The molecule has 1 saturated carbocycles. The summed E-state index contributed by atoms with van der Waals surface area (Å²) in [4.78, 5) is 4.27. The van der Waals surface area contributed by atoms with Gasteiger partial charge in [0.05, 0.1) is 6.10 Å². The van der Waals surface area contributed by atoms with Crippen LogP contribution in [0.1, 0.15) is 32.1 Å². The van der Waals surface area contributed by atoms with E-state index in [0.29, 0.717) is 5.25 Å². The van der Waals surface area contributed by atoms with Crippen molar-refractivity contribution in [2.45, 2.75) is 48.5 Å². The van der Waals surface area contributed by atoms with E-state index in [4.69, 9.17) is 0 Å². The molecule has 0 aromatic carbocycles. The van der Waals surface area contributed by atoms with Crippen molar-refractivity contribution in [3.05, 3.63) is 24.4 Å². The molecule has 0 bridgehead atoms. The molecule has 0 aliphatic heterocycles. The summed E-state index contributed by atoms with van der Waals surface area (Å²) in [5.41, 5.74) is 0. The molecule has 1 aliphatic rings. The number of hydrogen-bond donors (Lipinski definition) is 1. The van der Waals surface area contributed by atoms with E-state index in [1.165, 1.54) is 19.3 Å². The van der Waals surface area contributed by atoms with Gasteiger partial charge >= 0.3 is 0 Å². The van der Waals surface area contributed by atoms with E-state index >= 15 is 0 Å². The average Bonchev–Trinajstić information content (AvgIpc) is 2.53. The maximum Gasteiger partial charge on any atom is 0.106 e. The number of rotatable bonds is 3. The van der Waals surface area contributed by atoms with Gasteiger partial charge in [-0.25, -0.2) is 4.98 Å². The lowest BCUT2D eigenvalue weighted by molar-refractivity contribution is 0.163. The van der Waals surface area contributed by atoms with Crippen molar-refractivity contribution in [3.8, 4) is 0 Å². The second kappa shape index (κ2) is 6.52. The molecule has 0 saturated heterocycles. The van der Waals surface area contributed by atoms with Crippen LogP contribution in [0, 0.1) is 0 Å². The fourth-order valence-corrected chi connectivity index (χ4v) is 4.50. The summed E-state index contributed by atoms with van der Waals surface area (Å²) in [6, 6.07) is 5.94. The zero-order chi connectivity index (χ0) is 11.2. The molecule has 2 atom stereocenters. The molecular weight excluding hydrogens is 238 g/mol. The average molecular weight is 255 g/mol. The number of pyridine rings is 1. The summed E-state index contributed by atoms with van der Waals surface area (Å²) in [5, 5.41) is 11.4. The minimum absolute atomic E-state index is 0.135. The van der Waals surface area contributed by atoms with E-state index in [1.807, 2.05) is 24.4 Å². The summed E-state index contributed by atoms with van der Waals surface area (Å²) < 4.78 is 0. The zero-order valence-electron chi connectivity index (χ0n) is 9.21. The van der Waals surface area contributed by atoms with Gasteiger partial charge in [-0.1, -0.05) is 36.1 Å². The molecule has 1 aromatic rings.